The second kappa shape index (κ2) is 54.2. The highest BCUT2D eigenvalue weighted by Gasteiger charge is 2.24. The second-order valence-corrected chi connectivity index (χ2v) is 18.4. The lowest BCUT2D eigenvalue weighted by Crippen LogP contribution is -2.46. The highest BCUT2D eigenvalue weighted by molar-refractivity contribution is 5.77. The van der Waals surface area contributed by atoms with E-state index >= 15 is 0 Å². The topological polar surface area (TPSA) is 95.9 Å². The number of amides is 1. The maximum absolute atomic E-state index is 13.3. The van der Waals surface area contributed by atoms with E-state index in [0.29, 0.717) is 19.3 Å². The van der Waals surface area contributed by atoms with Crippen molar-refractivity contribution in [2.24, 2.45) is 0 Å². The summed E-state index contributed by atoms with van der Waals surface area (Å²) in [6.45, 7) is 6.26. The number of carbonyl (C=O) groups is 2. The van der Waals surface area contributed by atoms with E-state index < -0.39 is 18.2 Å². The molecule has 0 saturated carbocycles. The number of carbonyl (C=O) groups excluding carboxylic acids is 2. The number of allylic oxidation sites excluding steroid dienone is 20. The Balaban J connectivity index is 4.76. The van der Waals surface area contributed by atoms with E-state index in [0.717, 1.165) is 89.9 Å². The van der Waals surface area contributed by atoms with Gasteiger partial charge in [0.05, 0.1) is 25.2 Å². The molecule has 0 fully saturated rings. The normalized spacial score (nSPS) is 14.1. The van der Waals surface area contributed by atoms with Crippen LogP contribution in [0, 0.1) is 0 Å². The molecule has 3 N–H and O–H groups in total. The van der Waals surface area contributed by atoms with Gasteiger partial charge in [-0.3, -0.25) is 9.59 Å². The van der Waals surface area contributed by atoms with Crippen LogP contribution in [0.2, 0.25) is 0 Å². The van der Waals surface area contributed by atoms with Crippen LogP contribution < -0.4 is 5.32 Å². The molecule has 6 nitrogen and oxygen atoms in total. The van der Waals surface area contributed by atoms with Gasteiger partial charge in [-0.05, 0) is 77.0 Å². The molecule has 0 aliphatic carbocycles. The average molecular weight is 943 g/mol. The first kappa shape index (κ1) is 64.3. The summed E-state index contributed by atoms with van der Waals surface area (Å²) in [4.78, 5) is 26.2. The Morgan fingerprint density at radius 2 is 0.882 bits per heavy atom. The van der Waals surface area contributed by atoms with Gasteiger partial charge >= 0.3 is 5.97 Å². The Labute approximate surface area is 419 Å². The Hall–Kier alpha value is -3.74. The number of nitrogens with one attached hydrogen (secondary N) is 1. The smallest absolute Gasteiger partial charge is 0.306 e. The van der Waals surface area contributed by atoms with Crippen molar-refractivity contribution in [3.05, 3.63) is 122 Å². The summed E-state index contributed by atoms with van der Waals surface area (Å²) in [5.41, 5.74) is 0. The van der Waals surface area contributed by atoms with Crippen LogP contribution in [0.15, 0.2) is 122 Å². The third-order valence-electron chi connectivity index (χ3n) is 11.9. The lowest BCUT2D eigenvalue weighted by molar-refractivity contribution is -0.150. The number of hydrogen-bond donors (Lipinski definition) is 3. The Morgan fingerprint density at radius 1 is 0.456 bits per heavy atom. The van der Waals surface area contributed by atoms with Crippen LogP contribution in [0.3, 0.4) is 0 Å². The minimum atomic E-state index is -0.821. The van der Waals surface area contributed by atoms with Crippen LogP contribution in [0.1, 0.15) is 233 Å². The van der Waals surface area contributed by atoms with Crippen molar-refractivity contribution in [2.45, 2.75) is 251 Å². The molecule has 386 valence electrons. The van der Waals surface area contributed by atoms with Crippen LogP contribution in [-0.2, 0) is 14.3 Å². The number of unbranched alkanes of at least 4 members (excludes halogenated alkanes) is 20. The molecule has 0 rings (SSSR count). The quantitative estimate of drug-likeness (QED) is 0.0244. The first-order valence-corrected chi connectivity index (χ1v) is 27.8. The largest absolute Gasteiger partial charge is 0.462 e. The van der Waals surface area contributed by atoms with Crippen LogP contribution in [0.25, 0.3) is 0 Å². The predicted octanol–water partition coefficient (Wildman–Crippen LogP) is 17.2. The van der Waals surface area contributed by atoms with Crippen LogP contribution in [-0.4, -0.2) is 46.9 Å². The molecule has 0 saturated heterocycles. The third-order valence-corrected chi connectivity index (χ3v) is 11.9. The molecule has 6 heteroatoms. The van der Waals surface area contributed by atoms with Gasteiger partial charge in [-0.1, -0.05) is 264 Å². The fourth-order valence-corrected chi connectivity index (χ4v) is 7.74. The summed E-state index contributed by atoms with van der Waals surface area (Å²) in [5.74, 6) is -0.623. The molecule has 0 heterocycles. The van der Waals surface area contributed by atoms with Crippen molar-refractivity contribution in [3.8, 4) is 0 Å². The fourth-order valence-electron chi connectivity index (χ4n) is 7.74. The van der Waals surface area contributed by atoms with E-state index in [1.165, 1.54) is 89.9 Å². The molecule has 3 atom stereocenters. The van der Waals surface area contributed by atoms with Gasteiger partial charge in [0.25, 0.3) is 0 Å². The monoisotopic (exact) mass is 942 g/mol. The summed E-state index contributed by atoms with van der Waals surface area (Å²) in [6, 6.07) is -0.740. The Bertz CT molecular complexity index is 1430. The van der Waals surface area contributed by atoms with Crippen LogP contribution in [0.4, 0.5) is 0 Å². The number of hydrogen-bond acceptors (Lipinski definition) is 5. The van der Waals surface area contributed by atoms with Gasteiger partial charge in [0.15, 0.2) is 0 Å². The van der Waals surface area contributed by atoms with E-state index in [2.05, 4.69) is 105 Å². The van der Waals surface area contributed by atoms with E-state index in [-0.39, 0.29) is 31.3 Å². The second-order valence-electron chi connectivity index (χ2n) is 18.4. The van der Waals surface area contributed by atoms with E-state index in [9.17, 15) is 19.8 Å². The van der Waals surface area contributed by atoms with Crippen molar-refractivity contribution in [3.63, 3.8) is 0 Å². The molecule has 3 unspecified atom stereocenters. The summed E-state index contributed by atoms with van der Waals surface area (Å²) >= 11 is 0. The summed E-state index contributed by atoms with van der Waals surface area (Å²) in [6.07, 6.45) is 75.5. The van der Waals surface area contributed by atoms with Crippen LogP contribution >= 0.6 is 0 Å². The Morgan fingerprint density at radius 3 is 1.37 bits per heavy atom. The SMILES string of the molecule is CC/C=C/C/C=C/C/C=C/C/C=C/C/C=C/CCC(=O)OC(CCCCC/C=C/C=C/C=C/C=C/C=C/CCC)CC(=O)NC(CO)C(O)CCCCCCCCCCCCCCCCCCC. The number of rotatable bonds is 48. The first-order chi connectivity index (χ1) is 33.5. The molecule has 0 aromatic heterocycles. The van der Waals surface area contributed by atoms with Gasteiger partial charge in [-0.25, -0.2) is 0 Å². The van der Waals surface area contributed by atoms with Crippen molar-refractivity contribution in [1.82, 2.24) is 5.32 Å². The van der Waals surface area contributed by atoms with Crippen LogP contribution in [0.5, 0.6) is 0 Å². The van der Waals surface area contributed by atoms with E-state index in [1.54, 1.807) is 0 Å². The number of ether oxygens (including phenoxy) is 1. The fraction of sp³-hybridized carbons (Fsp3) is 0.645. The van der Waals surface area contributed by atoms with Gasteiger partial charge in [0, 0.05) is 6.42 Å². The molecule has 0 spiro atoms. The average Bonchev–Trinajstić information content (AvgIpc) is 3.33. The molecule has 68 heavy (non-hydrogen) atoms. The highest BCUT2D eigenvalue weighted by atomic mass is 16.5. The molecule has 0 aliphatic rings. The maximum Gasteiger partial charge on any atom is 0.306 e. The van der Waals surface area contributed by atoms with Crippen molar-refractivity contribution < 1.29 is 24.5 Å². The zero-order chi connectivity index (χ0) is 49.5. The minimum absolute atomic E-state index is 0.0121. The standard InChI is InChI=1S/C62H103NO5/c1-4-7-10-13-16-19-22-25-28-31-33-36-39-42-45-48-51-54-60(65)59(57-64)63-61(66)56-58(53-50-47-44-41-38-35-32-29-26-23-20-17-14-11-8-5-2)68-62(67)55-52-49-46-43-40-37-34-30-27-24-21-18-15-12-9-6-3/h9,11-12,14,17-18,20-21,23,26-27,29-30,32,35,37-38,40,46,49,58-60,64-65H,4-8,10,13,15-16,19,22,24-25,28,31,33-34,36,39,41-45,47-48,50-57H2,1-3H3,(H,63,66)/b12-9+,14-11+,20-17+,21-18+,26-23+,30-27+,32-29+,38-35+,40-37+,49-46+. The Kier molecular flexibility index (Phi) is 51.2. The van der Waals surface area contributed by atoms with Crippen molar-refractivity contribution in [2.75, 3.05) is 6.61 Å². The van der Waals surface area contributed by atoms with E-state index in [4.69, 9.17) is 4.74 Å². The zero-order valence-electron chi connectivity index (χ0n) is 43.9. The van der Waals surface area contributed by atoms with Crippen molar-refractivity contribution >= 4 is 11.9 Å². The highest BCUT2D eigenvalue weighted by Crippen LogP contribution is 2.17. The summed E-state index contributed by atoms with van der Waals surface area (Å²) in [7, 11) is 0. The van der Waals surface area contributed by atoms with Crippen molar-refractivity contribution in [1.29, 1.82) is 0 Å². The molecule has 0 aliphatic heterocycles. The number of esters is 1. The van der Waals surface area contributed by atoms with Gasteiger partial charge in [0.2, 0.25) is 5.91 Å². The molecule has 0 radical (unpaired) electrons. The number of aliphatic hydroxyl groups is 2. The predicted molar refractivity (Wildman–Crippen MR) is 296 cm³/mol. The number of aliphatic hydroxyl groups excluding tert-OH is 2. The molecule has 0 aromatic rings. The molecular formula is C62H103NO5. The lowest BCUT2D eigenvalue weighted by Gasteiger charge is -2.24. The maximum atomic E-state index is 13.3. The van der Waals surface area contributed by atoms with Gasteiger partial charge in [-0.15, -0.1) is 0 Å². The molecule has 1 amide bonds. The zero-order valence-corrected chi connectivity index (χ0v) is 43.9. The minimum Gasteiger partial charge on any atom is -0.462 e. The van der Waals surface area contributed by atoms with E-state index in [1.807, 2.05) is 42.5 Å². The third kappa shape index (κ3) is 48.7. The molecular weight excluding hydrogens is 839 g/mol. The molecule has 0 aromatic carbocycles. The molecule has 0 bridgehead atoms. The van der Waals surface area contributed by atoms with Gasteiger partial charge in [0.1, 0.15) is 6.10 Å². The summed E-state index contributed by atoms with van der Waals surface area (Å²) < 4.78 is 5.89. The first-order valence-electron chi connectivity index (χ1n) is 27.8. The lowest BCUT2D eigenvalue weighted by atomic mass is 10.0. The van der Waals surface area contributed by atoms with Gasteiger partial charge in [-0.2, -0.15) is 0 Å². The van der Waals surface area contributed by atoms with Gasteiger partial charge < -0.3 is 20.3 Å². The summed E-state index contributed by atoms with van der Waals surface area (Å²) in [5, 5.41) is 23.8.